The summed E-state index contributed by atoms with van der Waals surface area (Å²) in [5.41, 5.74) is 5.33. The number of ether oxygens (including phenoxy) is 1. The Morgan fingerprint density at radius 3 is 2.87 bits per heavy atom. The van der Waals surface area contributed by atoms with Crippen LogP contribution in [0.4, 0.5) is 4.79 Å². The topological polar surface area (TPSA) is 47.7 Å². The number of piperidine rings is 1. The fourth-order valence-electron chi connectivity index (χ4n) is 5.64. The van der Waals surface area contributed by atoms with Crippen molar-refractivity contribution < 1.29 is 14.4 Å². The molecular formula is C25H30N3O2+. The van der Waals surface area contributed by atoms with Gasteiger partial charge in [-0.2, -0.15) is 0 Å². The van der Waals surface area contributed by atoms with E-state index in [1.807, 2.05) is 30.3 Å². The second-order valence-corrected chi connectivity index (χ2v) is 9.02. The third-order valence-electron chi connectivity index (χ3n) is 7.03. The zero-order chi connectivity index (χ0) is 20.7. The Labute approximate surface area is 177 Å². The van der Waals surface area contributed by atoms with Crippen molar-refractivity contribution in [3.8, 4) is 0 Å². The van der Waals surface area contributed by atoms with Crippen LogP contribution in [0.1, 0.15) is 29.0 Å². The molecule has 5 heteroatoms. The van der Waals surface area contributed by atoms with Crippen LogP contribution in [0.15, 0.2) is 54.7 Å². The summed E-state index contributed by atoms with van der Waals surface area (Å²) in [5, 5.41) is 4.47. The highest BCUT2D eigenvalue weighted by Gasteiger charge is 2.42. The Morgan fingerprint density at radius 2 is 2.03 bits per heavy atom. The van der Waals surface area contributed by atoms with Crippen LogP contribution in [0.3, 0.4) is 0 Å². The predicted molar refractivity (Wildman–Crippen MR) is 118 cm³/mol. The summed E-state index contributed by atoms with van der Waals surface area (Å²) < 4.78 is 7.66. The molecule has 5 nitrogen and oxygen atoms in total. The van der Waals surface area contributed by atoms with Crippen molar-refractivity contribution in [2.45, 2.75) is 31.4 Å². The lowest BCUT2D eigenvalue weighted by Gasteiger charge is -2.42. The number of aromatic nitrogens is 1. The molecule has 1 saturated heterocycles. The van der Waals surface area contributed by atoms with Crippen LogP contribution in [0.25, 0.3) is 10.9 Å². The third kappa shape index (κ3) is 3.47. The lowest BCUT2D eigenvalue weighted by atomic mass is 9.72. The lowest BCUT2D eigenvalue weighted by molar-refractivity contribution is -0.916. The van der Waals surface area contributed by atoms with Gasteiger partial charge in [0, 0.05) is 48.9 Å². The van der Waals surface area contributed by atoms with Gasteiger partial charge in [-0.1, -0.05) is 42.5 Å². The van der Waals surface area contributed by atoms with Crippen LogP contribution < -0.4 is 10.2 Å². The Balaban J connectivity index is 1.25. The van der Waals surface area contributed by atoms with E-state index in [4.69, 9.17) is 4.74 Å². The Kier molecular flexibility index (Phi) is 4.99. The number of hydrogen-bond acceptors (Lipinski definition) is 2. The number of alkyl carbamates (subject to hydrolysis) is 1. The summed E-state index contributed by atoms with van der Waals surface area (Å²) in [7, 11) is 4.46. The van der Waals surface area contributed by atoms with Gasteiger partial charge in [0.1, 0.15) is 6.61 Å². The van der Waals surface area contributed by atoms with Crippen molar-refractivity contribution in [2.75, 3.05) is 20.1 Å². The third-order valence-corrected chi connectivity index (χ3v) is 7.03. The Hall–Kier alpha value is -2.79. The normalized spacial score (nSPS) is 25.0. The molecule has 156 valence electrons. The predicted octanol–water partition coefficient (Wildman–Crippen LogP) is 2.65. The van der Waals surface area contributed by atoms with Gasteiger partial charge in [-0.25, -0.2) is 4.79 Å². The average molecular weight is 405 g/mol. The molecule has 2 aliphatic rings. The zero-order valence-corrected chi connectivity index (χ0v) is 17.7. The highest BCUT2D eigenvalue weighted by atomic mass is 16.5. The van der Waals surface area contributed by atoms with Crippen molar-refractivity contribution in [3.63, 3.8) is 0 Å². The first kappa shape index (κ1) is 19.2. The number of carbonyl (C=O) groups is 1. The van der Waals surface area contributed by atoms with Gasteiger partial charge in [-0.05, 0) is 29.2 Å². The molecule has 1 aliphatic carbocycles. The van der Waals surface area contributed by atoms with Gasteiger partial charge >= 0.3 is 6.09 Å². The number of rotatable bonds is 4. The fourth-order valence-corrected chi connectivity index (χ4v) is 5.64. The quantitative estimate of drug-likeness (QED) is 0.702. The maximum absolute atomic E-state index is 12.2. The van der Waals surface area contributed by atoms with E-state index in [0.29, 0.717) is 31.0 Å². The van der Waals surface area contributed by atoms with E-state index in [2.05, 4.69) is 48.4 Å². The number of likely N-dealkylation sites (tertiary alicyclic amines) is 1. The molecule has 1 fully saturated rings. The molecule has 4 atom stereocenters. The monoisotopic (exact) mass is 404 g/mol. The van der Waals surface area contributed by atoms with Gasteiger partial charge in [0.15, 0.2) is 0 Å². The number of nitrogens with zero attached hydrogens (tertiary/aromatic N) is 1. The molecule has 0 radical (unpaired) electrons. The smallest absolute Gasteiger partial charge is 0.407 e. The molecule has 0 saturated carbocycles. The molecule has 0 bridgehead atoms. The number of carbonyl (C=O) groups excluding carboxylic acids is 1. The van der Waals surface area contributed by atoms with Gasteiger partial charge in [-0.3, -0.25) is 0 Å². The molecule has 30 heavy (non-hydrogen) atoms. The van der Waals surface area contributed by atoms with Crippen LogP contribution in [0, 0.1) is 5.92 Å². The maximum Gasteiger partial charge on any atom is 0.407 e. The fraction of sp³-hybridized carbons (Fsp3) is 0.400. The van der Waals surface area contributed by atoms with Crippen LogP contribution in [0.5, 0.6) is 0 Å². The second-order valence-electron chi connectivity index (χ2n) is 9.02. The van der Waals surface area contributed by atoms with Gasteiger partial charge in [0.25, 0.3) is 0 Å². The van der Waals surface area contributed by atoms with E-state index >= 15 is 0 Å². The van der Waals surface area contributed by atoms with Gasteiger partial charge in [0.2, 0.25) is 0 Å². The standard InChI is InChI=1S/C25H29N3O2/c1-27-14-18(13-26-25(29)30-16-17-7-4-3-5-8-17)11-21-20-9-6-10-22-24(20)19(12-23(21)27)15-28(22)2/h3-10,15,18,21,23H,11-14,16H2,1-2H3,(H,26,29)/p+1/t18-,21+,23+/m1/s1. The number of fused-ring (bicyclic) bond motifs is 2. The van der Waals surface area contributed by atoms with Crippen LogP contribution >= 0.6 is 0 Å². The molecule has 1 aromatic heterocycles. The van der Waals surface area contributed by atoms with E-state index in [0.717, 1.165) is 24.9 Å². The molecule has 0 spiro atoms. The summed E-state index contributed by atoms with van der Waals surface area (Å²) in [6, 6.07) is 17.2. The van der Waals surface area contributed by atoms with Crippen LogP contribution in [-0.4, -0.2) is 36.8 Å². The molecule has 5 rings (SSSR count). The molecule has 1 unspecified atom stereocenters. The number of aryl methyl sites for hydroxylation is 1. The molecule has 2 aromatic carbocycles. The van der Waals surface area contributed by atoms with Crippen molar-refractivity contribution in [1.82, 2.24) is 9.88 Å². The first-order valence-electron chi connectivity index (χ1n) is 10.9. The number of nitrogens with one attached hydrogen (secondary N) is 2. The van der Waals surface area contributed by atoms with Crippen LogP contribution in [-0.2, 0) is 24.8 Å². The molecule has 3 aromatic rings. The molecular weight excluding hydrogens is 374 g/mol. The van der Waals surface area contributed by atoms with Gasteiger partial charge in [-0.15, -0.1) is 0 Å². The molecule has 2 N–H and O–H groups in total. The number of amides is 1. The largest absolute Gasteiger partial charge is 0.445 e. The number of benzene rings is 2. The van der Waals surface area contributed by atoms with Crippen molar-refractivity contribution in [3.05, 3.63) is 71.4 Å². The van der Waals surface area contributed by atoms with Crippen molar-refractivity contribution in [1.29, 1.82) is 0 Å². The van der Waals surface area contributed by atoms with E-state index in [-0.39, 0.29) is 6.09 Å². The molecule has 1 aliphatic heterocycles. The van der Waals surface area contributed by atoms with Crippen molar-refractivity contribution >= 4 is 17.0 Å². The summed E-state index contributed by atoms with van der Waals surface area (Å²) in [6.45, 7) is 2.07. The zero-order valence-electron chi connectivity index (χ0n) is 17.7. The van der Waals surface area contributed by atoms with Gasteiger partial charge < -0.3 is 19.5 Å². The minimum absolute atomic E-state index is 0.311. The molecule has 2 heterocycles. The average Bonchev–Trinajstić information content (AvgIpc) is 3.09. The summed E-state index contributed by atoms with van der Waals surface area (Å²) in [5.74, 6) is 1.00. The van der Waals surface area contributed by atoms with Crippen molar-refractivity contribution in [2.24, 2.45) is 13.0 Å². The summed E-state index contributed by atoms with van der Waals surface area (Å²) >= 11 is 0. The second kappa shape index (κ2) is 7.80. The summed E-state index contributed by atoms with van der Waals surface area (Å²) in [4.78, 5) is 13.8. The number of quaternary nitrogens is 1. The molecule has 1 amide bonds. The summed E-state index contributed by atoms with van der Waals surface area (Å²) in [6.07, 6.45) is 4.25. The Bertz CT molecular complexity index is 1060. The maximum atomic E-state index is 12.2. The van der Waals surface area contributed by atoms with E-state index in [9.17, 15) is 4.79 Å². The van der Waals surface area contributed by atoms with E-state index in [1.54, 1.807) is 4.90 Å². The highest BCUT2D eigenvalue weighted by molar-refractivity contribution is 5.89. The van der Waals surface area contributed by atoms with E-state index in [1.165, 1.54) is 22.0 Å². The van der Waals surface area contributed by atoms with Gasteiger partial charge in [0.05, 0.1) is 19.6 Å². The SMILES string of the molecule is Cn1cc2c3c(cccc31)[C@@H]1C[C@H](CNC(=O)OCc3ccccc3)C[NH+](C)[C@H]1C2. The minimum atomic E-state index is -0.324. The minimum Gasteiger partial charge on any atom is -0.445 e. The number of hydrogen-bond donors (Lipinski definition) is 2. The first-order chi connectivity index (χ1) is 14.6. The van der Waals surface area contributed by atoms with E-state index < -0.39 is 0 Å². The first-order valence-corrected chi connectivity index (χ1v) is 10.9. The number of likely N-dealkylation sites (N-methyl/N-ethyl adjacent to an activating group) is 1. The highest BCUT2D eigenvalue weighted by Crippen LogP contribution is 2.40. The van der Waals surface area contributed by atoms with Crippen LogP contribution in [0.2, 0.25) is 0 Å². The lowest BCUT2D eigenvalue weighted by Crippen LogP contribution is -3.16. The Morgan fingerprint density at radius 1 is 1.20 bits per heavy atom.